The van der Waals surface area contributed by atoms with Crippen LogP contribution in [-0.4, -0.2) is 10.2 Å². The SMILES string of the molecule is O=C1NC(=S)S/C1=C\c1ccc(OCc2ccc(C(F)(F)F)cc2)cc1. The van der Waals surface area contributed by atoms with Crippen molar-refractivity contribution >= 4 is 40.3 Å². The fourth-order valence-corrected chi connectivity index (χ4v) is 3.23. The molecule has 0 atom stereocenters. The Morgan fingerprint density at radius 2 is 1.73 bits per heavy atom. The molecule has 3 nitrogen and oxygen atoms in total. The Labute approximate surface area is 157 Å². The molecule has 2 aromatic rings. The smallest absolute Gasteiger partial charge is 0.416 e. The van der Waals surface area contributed by atoms with Gasteiger partial charge in [0, 0.05) is 0 Å². The maximum Gasteiger partial charge on any atom is 0.416 e. The number of alkyl halides is 3. The molecule has 0 aromatic heterocycles. The van der Waals surface area contributed by atoms with Crippen molar-refractivity contribution in [3.8, 4) is 5.75 Å². The van der Waals surface area contributed by atoms with Crippen LogP contribution in [0.25, 0.3) is 6.08 Å². The van der Waals surface area contributed by atoms with Crippen LogP contribution in [0.15, 0.2) is 53.4 Å². The van der Waals surface area contributed by atoms with Gasteiger partial charge in [0.1, 0.15) is 16.7 Å². The van der Waals surface area contributed by atoms with E-state index >= 15 is 0 Å². The molecule has 1 fully saturated rings. The minimum Gasteiger partial charge on any atom is -0.489 e. The molecule has 1 N–H and O–H groups in total. The molecule has 1 saturated heterocycles. The number of thioether (sulfide) groups is 1. The molecule has 0 radical (unpaired) electrons. The van der Waals surface area contributed by atoms with Crippen LogP contribution < -0.4 is 10.1 Å². The molecule has 134 valence electrons. The van der Waals surface area contributed by atoms with Crippen LogP contribution in [0, 0.1) is 0 Å². The molecule has 3 rings (SSSR count). The van der Waals surface area contributed by atoms with E-state index in [1.165, 1.54) is 23.9 Å². The molecule has 0 unspecified atom stereocenters. The molecule has 26 heavy (non-hydrogen) atoms. The molecular formula is C18H12F3NO2S2. The summed E-state index contributed by atoms with van der Waals surface area (Å²) in [7, 11) is 0. The first-order valence-electron chi connectivity index (χ1n) is 7.45. The Bertz CT molecular complexity index is 860. The highest BCUT2D eigenvalue weighted by Crippen LogP contribution is 2.29. The number of benzene rings is 2. The highest BCUT2D eigenvalue weighted by atomic mass is 32.2. The zero-order valence-electron chi connectivity index (χ0n) is 13.2. The highest BCUT2D eigenvalue weighted by molar-refractivity contribution is 8.26. The molecule has 2 aromatic carbocycles. The van der Waals surface area contributed by atoms with Gasteiger partial charge in [0.05, 0.1) is 10.5 Å². The van der Waals surface area contributed by atoms with E-state index in [0.717, 1.165) is 17.7 Å². The Hall–Kier alpha value is -2.32. The molecule has 0 spiro atoms. The molecule has 1 aliphatic heterocycles. The fourth-order valence-electron chi connectivity index (χ4n) is 2.19. The largest absolute Gasteiger partial charge is 0.489 e. The third kappa shape index (κ3) is 4.64. The minimum absolute atomic E-state index is 0.158. The number of nitrogens with one attached hydrogen (secondary N) is 1. The van der Waals surface area contributed by atoms with Crippen LogP contribution in [-0.2, 0) is 17.6 Å². The maximum absolute atomic E-state index is 12.5. The second-order valence-corrected chi connectivity index (χ2v) is 7.12. The monoisotopic (exact) mass is 395 g/mol. The van der Waals surface area contributed by atoms with Gasteiger partial charge in [0.2, 0.25) is 0 Å². The average Bonchev–Trinajstić information content (AvgIpc) is 2.91. The zero-order valence-corrected chi connectivity index (χ0v) is 14.8. The standard InChI is InChI=1S/C18H12F3NO2S2/c19-18(20,21)13-5-1-12(2-6-13)10-24-14-7-3-11(4-8-14)9-15-16(23)22-17(25)26-15/h1-9H,10H2,(H,22,23,25)/b15-9-. The molecule has 1 aliphatic rings. The number of hydrogen-bond donors (Lipinski definition) is 1. The van der Waals surface area contributed by atoms with Gasteiger partial charge in [-0.2, -0.15) is 13.2 Å². The number of halogens is 3. The summed E-state index contributed by atoms with van der Waals surface area (Å²) >= 11 is 6.13. The Morgan fingerprint density at radius 1 is 1.08 bits per heavy atom. The van der Waals surface area contributed by atoms with Crippen molar-refractivity contribution in [3.05, 3.63) is 70.1 Å². The number of hydrogen-bond acceptors (Lipinski definition) is 4. The van der Waals surface area contributed by atoms with Gasteiger partial charge < -0.3 is 10.1 Å². The Kier molecular flexibility index (Phi) is 5.33. The highest BCUT2D eigenvalue weighted by Gasteiger charge is 2.29. The summed E-state index contributed by atoms with van der Waals surface area (Å²) < 4.78 is 43.6. The lowest BCUT2D eigenvalue weighted by molar-refractivity contribution is -0.137. The maximum atomic E-state index is 12.5. The van der Waals surface area contributed by atoms with Crippen molar-refractivity contribution in [3.63, 3.8) is 0 Å². The average molecular weight is 395 g/mol. The van der Waals surface area contributed by atoms with E-state index in [4.69, 9.17) is 17.0 Å². The van der Waals surface area contributed by atoms with E-state index in [1.54, 1.807) is 30.3 Å². The molecule has 1 amide bonds. The third-order valence-corrected chi connectivity index (χ3v) is 4.67. The number of amides is 1. The summed E-state index contributed by atoms with van der Waals surface area (Å²) in [5.74, 6) is 0.355. The Balaban J connectivity index is 1.60. The predicted molar refractivity (Wildman–Crippen MR) is 98.5 cm³/mol. The van der Waals surface area contributed by atoms with Crippen molar-refractivity contribution in [2.75, 3.05) is 0 Å². The second kappa shape index (κ2) is 7.51. The Morgan fingerprint density at radius 3 is 2.27 bits per heavy atom. The summed E-state index contributed by atoms with van der Waals surface area (Å²) in [6, 6.07) is 11.9. The topological polar surface area (TPSA) is 38.3 Å². The van der Waals surface area contributed by atoms with Crippen LogP contribution in [0.1, 0.15) is 16.7 Å². The summed E-state index contributed by atoms with van der Waals surface area (Å²) in [6.07, 6.45) is -2.62. The predicted octanol–water partition coefficient (Wildman–Crippen LogP) is 4.77. The van der Waals surface area contributed by atoms with Crippen LogP contribution in [0.3, 0.4) is 0 Å². The third-order valence-electron chi connectivity index (χ3n) is 3.51. The van der Waals surface area contributed by atoms with Gasteiger partial charge >= 0.3 is 6.18 Å². The van der Waals surface area contributed by atoms with E-state index in [0.29, 0.717) is 20.5 Å². The first-order valence-corrected chi connectivity index (χ1v) is 8.67. The van der Waals surface area contributed by atoms with E-state index in [1.807, 2.05) is 0 Å². The summed E-state index contributed by atoms with van der Waals surface area (Å²) in [5.41, 5.74) is 0.762. The molecule has 1 heterocycles. The molecule has 0 bridgehead atoms. The second-order valence-electron chi connectivity index (χ2n) is 5.40. The zero-order chi connectivity index (χ0) is 18.7. The van der Waals surface area contributed by atoms with Crippen molar-refractivity contribution in [1.29, 1.82) is 0 Å². The van der Waals surface area contributed by atoms with Crippen molar-refractivity contribution < 1.29 is 22.7 Å². The van der Waals surface area contributed by atoms with Gasteiger partial charge in [-0.15, -0.1) is 0 Å². The molecule has 0 aliphatic carbocycles. The number of rotatable bonds is 4. The van der Waals surface area contributed by atoms with Gasteiger partial charge in [0.25, 0.3) is 5.91 Å². The van der Waals surface area contributed by atoms with E-state index in [9.17, 15) is 18.0 Å². The van der Waals surface area contributed by atoms with Crippen LogP contribution in [0.4, 0.5) is 13.2 Å². The molecule has 0 saturated carbocycles. The van der Waals surface area contributed by atoms with Crippen LogP contribution in [0.5, 0.6) is 5.75 Å². The first-order chi connectivity index (χ1) is 12.3. The molecule has 8 heteroatoms. The lowest BCUT2D eigenvalue weighted by Crippen LogP contribution is -2.17. The van der Waals surface area contributed by atoms with Gasteiger partial charge in [-0.3, -0.25) is 4.79 Å². The number of carbonyl (C=O) groups excluding carboxylic acids is 1. The van der Waals surface area contributed by atoms with Crippen molar-refractivity contribution in [2.24, 2.45) is 0 Å². The summed E-state index contributed by atoms with van der Waals surface area (Å²) in [4.78, 5) is 12.1. The molecular weight excluding hydrogens is 383 g/mol. The van der Waals surface area contributed by atoms with Crippen LogP contribution >= 0.6 is 24.0 Å². The van der Waals surface area contributed by atoms with Crippen molar-refractivity contribution in [1.82, 2.24) is 5.32 Å². The first kappa shape index (κ1) is 18.5. The van der Waals surface area contributed by atoms with E-state index in [2.05, 4.69) is 5.32 Å². The summed E-state index contributed by atoms with van der Waals surface area (Å²) in [6.45, 7) is 0.158. The lowest BCUT2D eigenvalue weighted by atomic mass is 10.1. The van der Waals surface area contributed by atoms with Gasteiger partial charge in [-0.1, -0.05) is 48.2 Å². The number of carbonyl (C=O) groups is 1. The van der Waals surface area contributed by atoms with Crippen molar-refractivity contribution in [2.45, 2.75) is 12.8 Å². The number of thiocarbonyl (C=S) groups is 1. The van der Waals surface area contributed by atoms with Gasteiger partial charge in [0.15, 0.2) is 0 Å². The summed E-state index contributed by atoms with van der Waals surface area (Å²) in [5, 5.41) is 2.54. The van der Waals surface area contributed by atoms with E-state index < -0.39 is 11.7 Å². The fraction of sp³-hybridized carbons (Fsp3) is 0.111. The minimum atomic E-state index is -4.35. The van der Waals surface area contributed by atoms with E-state index in [-0.39, 0.29) is 12.5 Å². The van der Waals surface area contributed by atoms with Gasteiger partial charge in [-0.05, 0) is 41.5 Å². The number of ether oxygens (including phenoxy) is 1. The quantitative estimate of drug-likeness (QED) is 0.598. The van der Waals surface area contributed by atoms with Gasteiger partial charge in [-0.25, -0.2) is 0 Å². The van der Waals surface area contributed by atoms with Crippen LogP contribution in [0.2, 0.25) is 0 Å². The lowest BCUT2D eigenvalue weighted by Gasteiger charge is -2.09. The normalized spacial score (nSPS) is 16.0.